The van der Waals surface area contributed by atoms with Crippen LogP contribution in [0.4, 0.5) is 5.69 Å². The number of para-hydroxylation sites is 2. The summed E-state index contributed by atoms with van der Waals surface area (Å²) >= 11 is 0. The number of carbonyl (C=O) groups excluding carboxylic acids is 3. The molecule has 0 aromatic heterocycles. The predicted molar refractivity (Wildman–Crippen MR) is 78.1 cm³/mol. The molecule has 1 aromatic rings. The van der Waals surface area contributed by atoms with Gasteiger partial charge in [0.15, 0.2) is 5.75 Å². The summed E-state index contributed by atoms with van der Waals surface area (Å²) in [7, 11) is 0. The first-order chi connectivity index (χ1) is 10.6. The number of benzene rings is 1. The van der Waals surface area contributed by atoms with Crippen LogP contribution in [0.15, 0.2) is 24.3 Å². The number of esters is 1. The topological polar surface area (TPSA) is 63.7 Å². The van der Waals surface area contributed by atoms with Crippen LogP contribution in [0.3, 0.4) is 0 Å². The van der Waals surface area contributed by atoms with E-state index in [0.29, 0.717) is 17.5 Å². The van der Waals surface area contributed by atoms with Crippen molar-refractivity contribution in [3.63, 3.8) is 0 Å². The van der Waals surface area contributed by atoms with Crippen molar-refractivity contribution in [2.75, 3.05) is 4.90 Å². The minimum absolute atomic E-state index is 0.123. The number of amides is 2. The Morgan fingerprint density at radius 3 is 2.27 bits per heavy atom. The molecule has 1 saturated heterocycles. The molecule has 2 aliphatic carbocycles. The smallest absolute Gasteiger partial charge is 0.308 e. The molecule has 0 spiro atoms. The van der Waals surface area contributed by atoms with Gasteiger partial charge in [-0.1, -0.05) is 12.1 Å². The van der Waals surface area contributed by atoms with Crippen LogP contribution in [0, 0.1) is 23.7 Å². The summed E-state index contributed by atoms with van der Waals surface area (Å²) in [5.41, 5.74) is 0.390. The van der Waals surface area contributed by atoms with Crippen molar-refractivity contribution >= 4 is 23.5 Å². The van der Waals surface area contributed by atoms with Crippen LogP contribution in [0.2, 0.25) is 0 Å². The predicted octanol–water partition coefficient (Wildman–Crippen LogP) is 2.15. The van der Waals surface area contributed by atoms with Crippen LogP contribution >= 0.6 is 0 Å². The molecule has 1 aliphatic heterocycles. The van der Waals surface area contributed by atoms with Gasteiger partial charge in [-0.15, -0.1) is 0 Å². The Morgan fingerprint density at radius 1 is 1.09 bits per heavy atom. The van der Waals surface area contributed by atoms with Gasteiger partial charge in [-0.25, -0.2) is 4.90 Å². The van der Waals surface area contributed by atoms with E-state index in [0.717, 1.165) is 19.3 Å². The highest BCUT2D eigenvalue weighted by Gasteiger charge is 2.61. The van der Waals surface area contributed by atoms with E-state index >= 15 is 0 Å². The first-order valence-electron chi connectivity index (χ1n) is 7.73. The van der Waals surface area contributed by atoms with Crippen molar-refractivity contribution in [2.24, 2.45) is 23.7 Å². The zero-order valence-electron chi connectivity index (χ0n) is 12.3. The summed E-state index contributed by atoms with van der Waals surface area (Å²) in [6.07, 6.45) is 3.10. The number of rotatable bonds is 2. The van der Waals surface area contributed by atoms with E-state index in [1.807, 2.05) is 0 Å². The molecule has 2 saturated carbocycles. The molecule has 2 amide bonds. The van der Waals surface area contributed by atoms with E-state index in [1.54, 1.807) is 24.3 Å². The largest absolute Gasteiger partial charge is 0.424 e. The van der Waals surface area contributed by atoms with E-state index in [4.69, 9.17) is 4.74 Å². The molecule has 1 heterocycles. The molecule has 0 radical (unpaired) electrons. The minimum Gasteiger partial charge on any atom is -0.424 e. The first-order valence-corrected chi connectivity index (χ1v) is 7.73. The number of fused-ring (bicyclic) bond motifs is 5. The molecular weight excluding hydrogens is 282 g/mol. The molecule has 4 atom stereocenters. The van der Waals surface area contributed by atoms with E-state index in [2.05, 4.69) is 0 Å². The summed E-state index contributed by atoms with van der Waals surface area (Å²) in [4.78, 5) is 38.1. The fraction of sp³-hybridized carbons (Fsp3) is 0.471. The maximum Gasteiger partial charge on any atom is 0.308 e. The van der Waals surface area contributed by atoms with Crippen molar-refractivity contribution in [2.45, 2.75) is 26.2 Å². The Morgan fingerprint density at radius 2 is 1.68 bits per heavy atom. The van der Waals surface area contributed by atoms with E-state index in [9.17, 15) is 14.4 Å². The average Bonchev–Trinajstić information content (AvgIpc) is 3.14. The lowest BCUT2D eigenvalue weighted by molar-refractivity contribution is -0.132. The first kappa shape index (κ1) is 13.5. The summed E-state index contributed by atoms with van der Waals surface area (Å²) in [5, 5.41) is 0. The highest BCUT2D eigenvalue weighted by Crippen LogP contribution is 2.57. The van der Waals surface area contributed by atoms with E-state index in [1.165, 1.54) is 11.8 Å². The van der Waals surface area contributed by atoms with Crippen LogP contribution in [0.25, 0.3) is 0 Å². The second kappa shape index (κ2) is 4.66. The van der Waals surface area contributed by atoms with Crippen molar-refractivity contribution < 1.29 is 19.1 Å². The Bertz CT molecular complexity index is 655. The van der Waals surface area contributed by atoms with Crippen LogP contribution < -0.4 is 9.64 Å². The van der Waals surface area contributed by atoms with Crippen LogP contribution in [-0.2, 0) is 14.4 Å². The lowest BCUT2D eigenvalue weighted by Crippen LogP contribution is -2.33. The highest BCUT2D eigenvalue weighted by atomic mass is 16.5. The molecule has 0 unspecified atom stereocenters. The third-order valence-corrected chi connectivity index (χ3v) is 5.29. The van der Waals surface area contributed by atoms with E-state index in [-0.39, 0.29) is 29.4 Å². The third kappa shape index (κ3) is 1.74. The van der Waals surface area contributed by atoms with Crippen molar-refractivity contribution in [3.8, 4) is 5.75 Å². The SMILES string of the molecule is CC(=O)Oc1ccccc1N1C(=O)[C@@H]2[C@@H]3CC[C@@H](C3)[C@@H]2C1=O. The Hall–Kier alpha value is -2.17. The molecular formula is C17H17NO4. The maximum atomic E-state index is 12.8. The number of nitrogens with zero attached hydrogens (tertiary/aromatic N) is 1. The highest BCUT2D eigenvalue weighted by molar-refractivity contribution is 6.23. The lowest BCUT2D eigenvalue weighted by Gasteiger charge is -2.19. The molecule has 1 aromatic carbocycles. The van der Waals surface area contributed by atoms with Gasteiger partial charge in [-0.05, 0) is 43.2 Å². The summed E-state index contributed by atoms with van der Waals surface area (Å²) in [6, 6.07) is 6.74. The molecule has 0 N–H and O–H groups in total. The fourth-order valence-corrected chi connectivity index (χ4v) is 4.53. The molecule has 2 bridgehead atoms. The van der Waals surface area contributed by atoms with Gasteiger partial charge in [0.05, 0.1) is 17.5 Å². The normalized spacial score (nSPS) is 32.5. The van der Waals surface area contributed by atoms with Gasteiger partial charge in [0.1, 0.15) is 0 Å². The Labute approximate surface area is 128 Å². The van der Waals surface area contributed by atoms with Crippen molar-refractivity contribution in [1.82, 2.24) is 0 Å². The monoisotopic (exact) mass is 299 g/mol. The van der Waals surface area contributed by atoms with Crippen LogP contribution in [0.5, 0.6) is 5.75 Å². The molecule has 22 heavy (non-hydrogen) atoms. The quantitative estimate of drug-likeness (QED) is 0.477. The molecule has 5 nitrogen and oxygen atoms in total. The number of imide groups is 1. The van der Waals surface area contributed by atoms with Crippen LogP contribution in [0.1, 0.15) is 26.2 Å². The third-order valence-electron chi connectivity index (χ3n) is 5.29. The van der Waals surface area contributed by atoms with Gasteiger partial charge in [0.25, 0.3) is 0 Å². The summed E-state index contributed by atoms with van der Waals surface area (Å²) in [6.45, 7) is 1.30. The number of anilines is 1. The zero-order valence-corrected chi connectivity index (χ0v) is 12.3. The second-order valence-electron chi connectivity index (χ2n) is 6.46. The number of hydrogen-bond acceptors (Lipinski definition) is 4. The number of carbonyl (C=O) groups is 3. The fourth-order valence-electron chi connectivity index (χ4n) is 4.53. The zero-order chi connectivity index (χ0) is 15.4. The molecule has 3 aliphatic rings. The molecule has 4 rings (SSSR count). The van der Waals surface area contributed by atoms with E-state index < -0.39 is 5.97 Å². The maximum absolute atomic E-state index is 12.8. The molecule has 3 fully saturated rings. The van der Waals surface area contributed by atoms with Crippen LogP contribution in [-0.4, -0.2) is 17.8 Å². The number of hydrogen-bond donors (Lipinski definition) is 0. The summed E-state index contributed by atoms with van der Waals surface area (Å²) < 4.78 is 5.16. The Balaban J connectivity index is 1.74. The van der Waals surface area contributed by atoms with Gasteiger partial charge >= 0.3 is 5.97 Å². The van der Waals surface area contributed by atoms with Gasteiger partial charge in [-0.3, -0.25) is 14.4 Å². The van der Waals surface area contributed by atoms with Crippen molar-refractivity contribution in [1.29, 1.82) is 0 Å². The molecule has 114 valence electrons. The lowest BCUT2D eigenvalue weighted by atomic mass is 9.81. The standard InChI is InChI=1S/C17H17NO4/c1-9(19)22-13-5-3-2-4-12(13)18-16(20)14-10-6-7-11(8-10)15(14)17(18)21/h2-5,10-11,14-15H,6-8H2,1H3/t10-,11+,14-,15+. The van der Waals surface area contributed by atoms with Gasteiger partial charge < -0.3 is 4.74 Å². The van der Waals surface area contributed by atoms with Gasteiger partial charge in [0.2, 0.25) is 11.8 Å². The summed E-state index contributed by atoms with van der Waals surface area (Å²) in [5.74, 6) is -0.0950. The minimum atomic E-state index is -0.466. The molecule has 5 heteroatoms. The van der Waals surface area contributed by atoms with Crippen molar-refractivity contribution in [3.05, 3.63) is 24.3 Å². The van der Waals surface area contributed by atoms with Gasteiger partial charge in [-0.2, -0.15) is 0 Å². The Kier molecular flexibility index (Phi) is 2.86. The second-order valence-corrected chi connectivity index (χ2v) is 6.46. The number of ether oxygens (including phenoxy) is 1. The average molecular weight is 299 g/mol. The van der Waals surface area contributed by atoms with Gasteiger partial charge in [0, 0.05) is 6.92 Å².